The van der Waals surface area contributed by atoms with Gasteiger partial charge in [0.25, 0.3) is 0 Å². The van der Waals surface area contributed by atoms with Crippen LogP contribution in [0.1, 0.15) is 25.3 Å². The molecule has 1 aromatic carbocycles. The van der Waals surface area contributed by atoms with Gasteiger partial charge in [-0.1, -0.05) is 37.1 Å². The maximum absolute atomic E-state index is 5.86. The first-order chi connectivity index (χ1) is 9.78. The van der Waals surface area contributed by atoms with Gasteiger partial charge in [-0.25, -0.2) is 9.97 Å². The monoisotopic (exact) mass is 290 g/mol. The van der Waals surface area contributed by atoms with Crippen LogP contribution in [0.3, 0.4) is 0 Å². The summed E-state index contributed by atoms with van der Waals surface area (Å²) in [4.78, 5) is 8.41. The van der Waals surface area contributed by atoms with Gasteiger partial charge < -0.3 is 10.6 Å². The highest BCUT2D eigenvalue weighted by atomic mass is 35.5. The molecule has 4 nitrogen and oxygen atoms in total. The molecule has 106 valence electrons. The van der Waals surface area contributed by atoms with Crippen molar-refractivity contribution in [2.75, 3.05) is 17.2 Å². The lowest BCUT2D eigenvalue weighted by molar-refractivity contribution is 0.830. The van der Waals surface area contributed by atoms with Crippen molar-refractivity contribution < 1.29 is 0 Å². The summed E-state index contributed by atoms with van der Waals surface area (Å²) in [7, 11) is 0. The highest BCUT2D eigenvalue weighted by Crippen LogP contribution is 2.13. The molecule has 0 aliphatic rings. The fraction of sp³-hybridized carbons (Fsp3) is 0.333. The normalized spacial score (nSPS) is 10.3. The van der Waals surface area contributed by atoms with E-state index < -0.39 is 0 Å². The van der Waals surface area contributed by atoms with Crippen LogP contribution in [0.15, 0.2) is 36.7 Å². The molecule has 1 heterocycles. The van der Waals surface area contributed by atoms with Crippen molar-refractivity contribution in [3.63, 3.8) is 0 Å². The van der Waals surface area contributed by atoms with E-state index in [0.29, 0.717) is 6.54 Å². The molecule has 0 fully saturated rings. The molecule has 0 aliphatic heterocycles. The Hall–Kier alpha value is -1.81. The van der Waals surface area contributed by atoms with Crippen LogP contribution >= 0.6 is 11.6 Å². The molecule has 0 saturated heterocycles. The number of benzene rings is 1. The lowest BCUT2D eigenvalue weighted by Crippen LogP contribution is -2.06. The van der Waals surface area contributed by atoms with Gasteiger partial charge >= 0.3 is 0 Å². The first kappa shape index (κ1) is 14.6. The second-order valence-corrected chi connectivity index (χ2v) is 4.99. The lowest BCUT2D eigenvalue weighted by Gasteiger charge is -2.08. The topological polar surface area (TPSA) is 49.8 Å². The molecule has 0 spiro atoms. The minimum Gasteiger partial charge on any atom is -0.370 e. The molecule has 5 heteroatoms. The Morgan fingerprint density at radius 2 is 1.75 bits per heavy atom. The van der Waals surface area contributed by atoms with Crippen molar-refractivity contribution in [3.05, 3.63) is 47.2 Å². The summed E-state index contributed by atoms with van der Waals surface area (Å²) < 4.78 is 0. The molecule has 2 aromatic rings. The Morgan fingerprint density at radius 1 is 1.05 bits per heavy atom. The summed E-state index contributed by atoms with van der Waals surface area (Å²) in [5.74, 6) is 1.67. The second kappa shape index (κ2) is 7.70. The Morgan fingerprint density at radius 3 is 2.45 bits per heavy atom. The fourth-order valence-electron chi connectivity index (χ4n) is 1.74. The smallest absolute Gasteiger partial charge is 0.131 e. The summed E-state index contributed by atoms with van der Waals surface area (Å²) in [6.45, 7) is 3.81. The third-order valence-corrected chi connectivity index (χ3v) is 3.14. The Bertz CT molecular complexity index is 528. The van der Waals surface area contributed by atoms with Crippen LogP contribution in [0, 0.1) is 0 Å². The molecule has 2 rings (SSSR count). The fourth-order valence-corrected chi connectivity index (χ4v) is 1.86. The maximum Gasteiger partial charge on any atom is 0.131 e. The van der Waals surface area contributed by atoms with E-state index in [1.165, 1.54) is 6.42 Å². The van der Waals surface area contributed by atoms with E-state index >= 15 is 0 Å². The molecule has 0 radical (unpaired) electrons. The van der Waals surface area contributed by atoms with Crippen molar-refractivity contribution in [1.82, 2.24) is 9.97 Å². The predicted octanol–water partition coefficient (Wildman–Crippen LogP) is 3.95. The van der Waals surface area contributed by atoms with Crippen molar-refractivity contribution >= 4 is 23.2 Å². The number of aromatic nitrogens is 2. The van der Waals surface area contributed by atoms with Gasteiger partial charge in [0.1, 0.15) is 18.0 Å². The Labute approximate surface area is 124 Å². The molecule has 0 amide bonds. The average molecular weight is 291 g/mol. The predicted molar refractivity (Wildman–Crippen MR) is 84.2 cm³/mol. The van der Waals surface area contributed by atoms with Gasteiger partial charge in [0.05, 0.1) is 0 Å². The van der Waals surface area contributed by atoms with Crippen molar-refractivity contribution in [2.24, 2.45) is 0 Å². The van der Waals surface area contributed by atoms with Crippen LogP contribution in [-0.2, 0) is 6.54 Å². The number of rotatable bonds is 7. The minimum absolute atomic E-state index is 0.711. The van der Waals surface area contributed by atoms with Crippen LogP contribution in [-0.4, -0.2) is 16.5 Å². The highest BCUT2D eigenvalue weighted by Gasteiger charge is 1.99. The Balaban J connectivity index is 1.89. The van der Waals surface area contributed by atoms with E-state index in [4.69, 9.17) is 11.6 Å². The van der Waals surface area contributed by atoms with Crippen molar-refractivity contribution in [3.8, 4) is 0 Å². The molecule has 0 saturated carbocycles. The Kier molecular flexibility index (Phi) is 5.62. The minimum atomic E-state index is 0.711. The van der Waals surface area contributed by atoms with E-state index in [9.17, 15) is 0 Å². The van der Waals surface area contributed by atoms with Crippen LogP contribution in [0.4, 0.5) is 11.6 Å². The van der Waals surface area contributed by atoms with Crippen LogP contribution in [0.2, 0.25) is 5.02 Å². The molecular formula is C15H19ClN4. The number of nitrogens with one attached hydrogen (secondary N) is 2. The summed E-state index contributed by atoms with van der Waals surface area (Å²) in [5.41, 5.74) is 1.16. The van der Waals surface area contributed by atoms with E-state index in [0.717, 1.165) is 35.2 Å². The summed E-state index contributed by atoms with van der Waals surface area (Å²) in [5, 5.41) is 7.31. The highest BCUT2D eigenvalue weighted by molar-refractivity contribution is 6.30. The molecule has 0 unspecified atom stereocenters. The van der Waals surface area contributed by atoms with E-state index in [2.05, 4.69) is 27.5 Å². The number of halogens is 1. The SMILES string of the molecule is CCCCNc1cc(NCc2ccc(Cl)cc2)ncn1. The lowest BCUT2D eigenvalue weighted by atomic mass is 10.2. The molecule has 0 bridgehead atoms. The standard InChI is InChI=1S/C15H19ClN4/c1-2-3-8-17-14-9-15(20-11-19-14)18-10-12-4-6-13(16)7-5-12/h4-7,9,11H,2-3,8,10H2,1H3,(H2,17,18,19,20). The molecule has 2 N–H and O–H groups in total. The molecular weight excluding hydrogens is 272 g/mol. The largest absolute Gasteiger partial charge is 0.370 e. The van der Waals surface area contributed by atoms with Gasteiger partial charge in [0.2, 0.25) is 0 Å². The summed E-state index contributed by atoms with van der Waals surface area (Å²) in [6, 6.07) is 9.69. The number of anilines is 2. The van der Waals surface area contributed by atoms with Gasteiger partial charge in [-0.2, -0.15) is 0 Å². The first-order valence-corrected chi connectivity index (χ1v) is 7.20. The van der Waals surface area contributed by atoms with Crippen LogP contribution < -0.4 is 10.6 Å². The van der Waals surface area contributed by atoms with Gasteiger partial charge in [-0.05, 0) is 24.1 Å². The third kappa shape index (κ3) is 4.70. The number of nitrogens with zero attached hydrogens (tertiary/aromatic N) is 2. The number of unbranched alkanes of at least 4 members (excludes halogenated alkanes) is 1. The van der Waals surface area contributed by atoms with E-state index in [-0.39, 0.29) is 0 Å². The van der Waals surface area contributed by atoms with Crippen LogP contribution in [0.25, 0.3) is 0 Å². The van der Waals surface area contributed by atoms with Crippen molar-refractivity contribution in [2.45, 2.75) is 26.3 Å². The van der Waals surface area contributed by atoms with Crippen LogP contribution in [0.5, 0.6) is 0 Å². The van der Waals surface area contributed by atoms with Crippen molar-refractivity contribution in [1.29, 1.82) is 0 Å². The van der Waals surface area contributed by atoms with E-state index in [1.807, 2.05) is 30.3 Å². The zero-order chi connectivity index (χ0) is 14.2. The van der Waals surface area contributed by atoms with E-state index in [1.54, 1.807) is 6.33 Å². The molecule has 0 atom stereocenters. The van der Waals surface area contributed by atoms with Gasteiger partial charge in [-0.3, -0.25) is 0 Å². The second-order valence-electron chi connectivity index (χ2n) is 4.55. The molecule has 0 aliphatic carbocycles. The van der Waals surface area contributed by atoms with Gasteiger partial charge in [-0.15, -0.1) is 0 Å². The maximum atomic E-state index is 5.86. The van der Waals surface area contributed by atoms with Gasteiger partial charge in [0.15, 0.2) is 0 Å². The number of hydrogen-bond donors (Lipinski definition) is 2. The summed E-state index contributed by atoms with van der Waals surface area (Å²) in [6.07, 6.45) is 3.87. The first-order valence-electron chi connectivity index (χ1n) is 6.82. The molecule has 1 aromatic heterocycles. The zero-order valence-corrected chi connectivity index (χ0v) is 12.3. The molecule has 20 heavy (non-hydrogen) atoms. The summed E-state index contributed by atoms with van der Waals surface area (Å²) >= 11 is 5.86. The number of hydrogen-bond acceptors (Lipinski definition) is 4. The average Bonchev–Trinajstić information content (AvgIpc) is 2.47. The zero-order valence-electron chi connectivity index (χ0n) is 11.6. The quantitative estimate of drug-likeness (QED) is 0.758. The third-order valence-electron chi connectivity index (χ3n) is 2.89. The van der Waals surface area contributed by atoms with Gasteiger partial charge in [0, 0.05) is 24.2 Å².